The van der Waals surface area contributed by atoms with E-state index in [9.17, 15) is 19.2 Å². The molecule has 2 saturated heterocycles. The maximum atomic E-state index is 13.9. The number of carbonyl (C=O) groups excluding carboxylic acids is 4. The van der Waals surface area contributed by atoms with Gasteiger partial charge in [0, 0.05) is 69.3 Å². The Labute approximate surface area is 393 Å². The molecular weight excluding hydrogens is 880 g/mol. The third-order valence-corrected chi connectivity index (χ3v) is 14.3. The van der Waals surface area contributed by atoms with Gasteiger partial charge in [0.05, 0.1) is 23.7 Å². The van der Waals surface area contributed by atoms with Crippen molar-refractivity contribution in [2.75, 3.05) is 58.9 Å². The molecule has 0 saturated carbocycles. The number of piperazine rings is 1. The zero-order chi connectivity index (χ0) is 46.5. The molecule has 2 amide bonds. The molecule has 5 rings (SSSR count). The highest BCUT2D eigenvalue weighted by molar-refractivity contribution is 8.77. The van der Waals surface area contributed by atoms with Crippen LogP contribution in [0.1, 0.15) is 84.1 Å². The van der Waals surface area contributed by atoms with E-state index < -0.39 is 47.4 Å². The molecule has 1 unspecified atom stereocenters. The standard InChI is InChI=1S/C46H65ClN4O8S2.CH4S/c1-29(2)23-38-43(54)57-36(30(3)40-41(59-40)33-16-13-31(14-17-33)26-50-19-21-51(22-20-50)28-46(6,7)61-60-9)11-10-12-39(52)49-35(25-32-15-18-37(56-8)34(47)24-32)42(53)48-27-45(4,5)44(55)58-38;1-2/h10,12-18,24,29-30,35-36,38,40-41H,11,19-23,25-28H2,1-9H3,(H,48,53)(H,49,52);2H,1H3/b12-10+;/t30-,35+,36-,38-,40?,41+;/m0./s1. The number of ether oxygens (including phenoxy) is 4. The molecule has 6 atom stereocenters. The zero-order valence-electron chi connectivity index (χ0n) is 38.6. The van der Waals surface area contributed by atoms with Crippen molar-refractivity contribution in [2.45, 2.75) is 109 Å². The number of benzene rings is 2. The first-order chi connectivity index (χ1) is 29.9. The fourth-order valence-corrected chi connectivity index (χ4v) is 10.3. The van der Waals surface area contributed by atoms with Gasteiger partial charge in [0.2, 0.25) is 11.8 Å². The van der Waals surface area contributed by atoms with Crippen LogP contribution in [0.5, 0.6) is 5.75 Å². The number of thiol groups is 1. The van der Waals surface area contributed by atoms with Crippen molar-refractivity contribution in [3.05, 3.63) is 76.3 Å². The second kappa shape index (κ2) is 24.6. The third-order valence-electron chi connectivity index (χ3n) is 11.4. The first kappa shape index (κ1) is 52.7. The summed E-state index contributed by atoms with van der Waals surface area (Å²) >= 11 is 9.90. The maximum absolute atomic E-state index is 13.9. The Balaban J connectivity index is 0.00000429. The van der Waals surface area contributed by atoms with Gasteiger partial charge < -0.3 is 29.6 Å². The summed E-state index contributed by atoms with van der Waals surface area (Å²) in [6, 6.07) is 12.7. The fraction of sp³-hybridized carbons (Fsp3) is 0.617. The second-order valence-electron chi connectivity index (χ2n) is 18.2. The summed E-state index contributed by atoms with van der Waals surface area (Å²) < 4.78 is 23.8. The monoisotopic (exact) mass is 948 g/mol. The van der Waals surface area contributed by atoms with Crippen molar-refractivity contribution in [1.82, 2.24) is 20.4 Å². The Morgan fingerprint density at radius 2 is 1.62 bits per heavy atom. The molecule has 0 aliphatic carbocycles. The molecule has 2 N–H and O–H groups in total. The van der Waals surface area contributed by atoms with Gasteiger partial charge in [0.15, 0.2) is 6.10 Å². The summed E-state index contributed by atoms with van der Waals surface area (Å²) in [6.45, 7) is 19.8. The normalized spacial score (nSPS) is 25.1. The van der Waals surface area contributed by atoms with Crippen LogP contribution < -0.4 is 15.4 Å². The highest BCUT2D eigenvalue weighted by atomic mass is 35.5. The Kier molecular flexibility index (Phi) is 20.5. The van der Waals surface area contributed by atoms with E-state index in [-0.39, 0.29) is 54.6 Å². The Bertz CT molecular complexity index is 1860. The van der Waals surface area contributed by atoms with E-state index in [0.717, 1.165) is 44.8 Å². The SMILES string of the molecule is COc1ccc(C[C@H]2NC(=O)/C=C/C[C@@H]([C@H](C)C3O[C@@H]3c3ccc(CN4CCN(CC(C)(C)SSC)CC4)cc3)OC(=O)[C@H](CC(C)C)OC(=O)C(C)(C)CNC2=O)cc1Cl.CS. The van der Waals surface area contributed by atoms with E-state index in [2.05, 4.69) is 77.4 Å². The minimum absolute atomic E-state index is 0.00978. The molecule has 0 radical (unpaired) electrons. The second-order valence-corrected chi connectivity index (χ2v) is 21.7. The Morgan fingerprint density at radius 3 is 2.24 bits per heavy atom. The Hall–Kier alpha value is -2.92. The first-order valence-corrected chi connectivity index (χ1v) is 25.6. The molecule has 12 nitrogen and oxygen atoms in total. The molecule has 2 aromatic carbocycles. The van der Waals surface area contributed by atoms with Gasteiger partial charge in [-0.25, -0.2) is 4.79 Å². The number of cyclic esters (lactones) is 2. The number of hydrogen-bond donors (Lipinski definition) is 3. The molecule has 0 aromatic heterocycles. The number of esters is 2. The largest absolute Gasteiger partial charge is 0.495 e. The molecule has 0 spiro atoms. The third kappa shape index (κ3) is 16.2. The topological polar surface area (TPSA) is 139 Å². The number of nitrogens with one attached hydrogen (secondary N) is 2. The van der Waals surface area contributed by atoms with Crippen LogP contribution in [0.15, 0.2) is 54.6 Å². The molecule has 2 fully saturated rings. The molecule has 63 heavy (non-hydrogen) atoms. The highest BCUT2D eigenvalue weighted by Crippen LogP contribution is 2.45. The van der Waals surface area contributed by atoms with E-state index in [0.29, 0.717) is 16.3 Å². The first-order valence-electron chi connectivity index (χ1n) is 21.7. The molecule has 3 aliphatic heterocycles. The van der Waals surface area contributed by atoms with Crippen LogP contribution in [-0.4, -0.2) is 122 Å². The van der Waals surface area contributed by atoms with Gasteiger partial charge in [-0.15, -0.1) is 0 Å². The van der Waals surface area contributed by atoms with E-state index in [1.54, 1.807) is 44.4 Å². The Morgan fingerprint density at radius 1 is 0.968 bits per heavy atom. The number of carbonyl (C=O) groups is 4. The van der Waals surface area contributed by atoms with Crippen LogP contribution in [0.4, 0.5) is 0 Å². The number of hydrogen-bond acceptors (Lipinski definition) is 13. The molecular formula is C47H69ClN4O8S3. The van der Waals surface area contributed by atoms with E-state index in [4.69, 9.17) is 30.5 Å². The van der Waals surface area contributed by atoms with Crippen molar-refractivity contribution in [2.24, 2.45) is 17.3 Å². The number of amides is 2. The zero-order valence-corrected chi connectivity index (χ0v) is 41.9. The lowest BCUT2D eigenvalue weighted by Crippen LogP contribution is -2.51. The lowest BCUT2D eigenvalue weighted by Gasteiger charge is -2.38. The van der Waals surface area contributed by atoms with Crippen LogP contribution >= 0.6 is 45.8 Å². The number of methoxy groups -OCH3 is 1. The van der Waals surface area contributed by atoms with Crippen LogP contribution in [0, 0.1) is 17.3 Å². The summed E-state index contributed by atoms with van der Waals surface area (Å²) in [6.07, 6.45) is 5.09. The predicted octanol–water partition coefficient (Wildman–Crippen LogP) is 7.58. The summed E-state index contributed by atoms with van der Waals surface area (Å²) in [4.78, 5) is 59.6. The van der Waals surface area contributed by atoms with Gasteiger partial charge in [-0.1, -0.05) is 90.4 Å². The van der Waals surface area contributed by atoms with Gasteiger partial charge in [-0.2, -0.15) is 12.6 Å². The quantitative estimate of drug-likeness (QED) is 0.0746. The van der Waals surface area contributed by atoms with Crippen LogP contribution in [0.3, 0.4) is 0 Å². The van der Waals surface area contributed by atoms with E-state index in [1.807, 2.05) is 42.4 Å². The molecule has 0 bridgehead atoms. The molecule has 2 aromatic rings. The maximum Gasteiger partial charge on any atom is 0.347 e. The predicted molar refractivity (Wildman–Crippen MR) is 258 cm³/mol. The summed E-state index contributed by atoms with van der Waals surface area (Å²) in [5, 5.41) is 5.98. The number of nitrogens with zero attached hydrogens (tertiary/aromatic N) is 2. The van der Waals surface area contributed by atoms with Gasteiger partial charge in [-0.3, -0.25) is 24.2 Å². The molecule has 3 aliphatic rings. The van der Waals surface area contributed by atoms with Crippen molar-refractivity contribution in [3.8, 4) is 5.75 Å². The molecule has 16 heteroatoms. The van der Waals surface area contributed by atoms with Crippen molar-refractivity contribution in [3.63, 3.8) is 0 Å². The lowest BCUT2D eigenvalue weighted by atomic mass is 9.92. The summed E-state index contributed by atoms with van der Waals surface area (Å²) in [7, 11) is 5.28. The van der Waals surface area contributed by atoms with Crippen molar-refractivity contribution >= 4 is 69.6 Å². The van der Waals surface area contributed by atoms with Crippen molar-refractivity contribution < 1.29 is 38.1 Å². The molecule has 350 valence electrons. The minimum atomic E-state index is -1.21. The summed E-state index contributed by atoms with van der Waals surface area (Å²) in [5.74, 6) is -2.09. The van der Waals surface area contributed by atoms with Crippen LogP contribution in [0.25, 0.3) is 0 Å². The summed E-state index contributed by atoms with van der Waals surface area (Å²) in [5.41, 5.74) is 1.78. The van der Waals surface area contributed by atoms with Crippen LogP contribution in [-0.2, 0) is 46.4 Å². The minimum Gasteiger partial charge on any atom is -0.495 e. The fourth-order valence-electron chi connectivity index (χ4n) is 7.79. The number of epoxide rings is 1. The van der Waals surface area contributed by atoms with E-state index in [1.165, 1.54) is 18.7 Å². The van der Waals surface area contributed by atoms with Crippen molar-refractivity contribution in [1.29, 1.82) is 0 Å². The molecule has 3 heterocycles. The smallest absolute Gasteiger partial charge is 0.347 e. The van der Waals surface area contributed by atoms with Gasteiger partial charge >= 0.3 is 11.9 Å². The van der Waals surface area contributed by atoms with Gasteiger partial charge in [-0.05, 0) is 87.4 Å². The van der Waals surface area contributed by atoms with Crippen LogP contribution in [0.2, 0.25) is 5.02 Å². The van der Waals surface area contributed by atoms with E-state index >= 15 is 0 Å². The average Bonchev–Trinajstić information content (AvgIpc) is 4.04. The van der Waals surface area contributed by atoms with Gasteiger partial charge in [0.25, 0.3) is 0 Å². The average molecular weight is 950 g/mol. The number of rotatable bonds is 14. The lowest BCUT2D eigenvalue weighted by molar-refractivity contribution is -0.179. The number of halogens is 1. The highest BCUT2D eigenvalue weighted by Gasteiger charge is 2.48. The van der Waals surface area contributed by atoms with Gasteiger partial charge in [0.1, 0.15) is 24.0 Å².